The van der Waals surface area contributed by atoms with Crippen LogP contribution in [-0.4, -0.2) is 79.6 Å². The third kappa shape index (κ3) is 7.28. The number of hydrogen-bond donors (Lipinski definition) is 3. The third-order valence-electron chi connectivity index (χ3n) is 4.37. The number of likely N-dealkylation sites (N-methyl/N-ethyl adjacent to an activating group) is 1. The first-order valence-electron chi connectivity index (χ1n) is 9.57. The molecule has 0 spiro atoms. The van der Waals surface area contributed by atoms with Crippen LogP contribution in [0.4, 0.5) is 0 Å². The van der Waals surface area contributed by atoms with E-state index in [1.165, 1.54) is 23.6 Å². The van der Waals surface area contributed by atoms with Crippen molar-refractivity contribution in [3.05, 3.63) is 35.4 Å². The molecule has 2 rings (SSSR count). The molecule has 1 heterocycles. The Labute approximate surface area is 184 Å². The fourth-order valence-corrected chi connectivity index (χ4v) is 3.81. The van der Waals surface area contributed by atoms with Crippen molar-refractivity contribution in [2.24, 2.45) is 0 Å². The van der Waals surface area contributed by atoms with Crippen molar-refractivity contribution in [2.45, 2.75) is 24.8 Å². The first kappa shape index (κ1) is 24.2. The zero-order chi connectivity index (χ0) is 23.0. The predicted octanol–water partition coefficient (Wildman–Crippen LogP) is -0.716. The Balaban J connectivity index is 2.27. The number of nitrogens with zero attached hydrogens (tertiary/aromatic N) is 1. The number of rotatable bonds is 4. The lowest BCUT2D eigenvalue weighted by Gasteiger charge is -2.25. The van der Waals surface area contributed by atoms with Gasteiger partial charge in [-0.1, -0.05) is 18.2 Å². The highest BCUT2D eigenvalue weighted by molar-refractivity contribution is 7.98. The van der Waals surface area contributed by atoms with Gasteiger partial charge in [0.05, 0.1) is 12.1 Å². The second-order valence-electron chi connectivity index (χ2n) is 7.09. The van der Waals surface area contributed by atoms with Gasteiger partial charge in [-0.25, -0.2) is 4.79 Å². The molecule has 0 fully saturated rings. The Morgan fingerprint density at radius 1 is 1.23 bits per heavy atom. The minimum Gasteiger partial charge on any atom is -0.459 e. The molecule has 10 nitrogen and oxygen atoms in total. The van der Waals surface area contributed by atoms with Crippen LogP contribution >= 0.6 is 11.8 Å². The lowest BCUT2D eigenvalue weighted by Crippen LogP contribution is -2.56. The molecule has 11 heteroatoms. The van der Waals surface area contributed by atoms with Gasteiger partial charge in [0.1, 0.15) is 18.7 Å². The smallest absolute Gasteiger partial charge is 0.338 e. The molecule has 4 amide bonds. The van der Waals surface area contributed by atoms with Crippen molar-refractivity contribution in [3.8, 4) is 0 Å². The normalized spacial score (nSPS) is 19.5. The summed E-state index contributed by atoms with van der Waals surface area (Å²) in [5.74, 6) is -1.90. The van der Waals surface area contributed by atoms with Gasteiger partial charge >= 0.3 is 5.97 Å². The minimum absolute atomic E-state index is 0.276. The van der Waals surface area contributed by atoms with Gasteiger partial charge in [0.15, 0.2) is 0 Å². The first-order valence-corrected chi connectivity index (χ1v) is 10.7. The van der Waals surface area contributed by atoms with Crippen LogP contribution in [-0.2, 0) is 29.7 Å². The van der Waals surface area contributed by atoms with Crippen molar-refractivity contribution < 1.29 is 28.7 Å². The van der Waals surface area contributed by atoms with Gasteiger partial charge < -0.3 is 25.6 Å². The van der Waals surface area contributed by atoms with E-state index in [0.717, 1.165) is 5.56 Å². The molecule has 0 bridgehead atoms. The highest BCUT2D eigenvalue weighted by atomic mass is 32.2. The zero-order valence-corrected chi connectivity index (χ0v) is 18.4. The molecule has 1 aromatic carbocycles. The Hall–Kier alpha value is -3.08. The summed E-state index contributed by atoms with van der Waals surface area (Å²) in [7, 11) is 3.16. The predicted molar refractivity (Wildman–Crippen MR) is 114 cm³/mol. The second kappa shape index (κ2) is 11.3. The van der Waals surface area contributed by atoms with E-state index >= 15 is 0 Å². The summed E-state index contributed by atoms with van der Waals surface area (Å²) in [6.07, 6.45) is 0. The lowest BCUT2D eigenvalue weighted by atomic mass is 10.1. The molecule has 0 radical (unpaired) electrons. The Kier molecular flexibility index (Phi) is 8.86. The highest BCUT2D eigenvalue weighted by Crippen LogP contribution is 2.19. The molecule has 3 N–H and O–H groups in total. The van der Waals surface area contributed by atoms with E-state index in [1.54, 1.807) is 38.4 Å². The molecule has 0 saturated carbocycles. The van der Waals surface area contributed by atoms with Gasteiger partial charge in [-0.2, -0.15) is 11.8 Å². The average Bonchev–Trinajstić information content (AvgIpc) is 2.73. The molecular weight excluding hydrogens is 424 g/mol. The van der Waals surface area contributed by atoms with Gasteiger partial charge in [0.25, 0.3) is 0 Å². The van der Waals surface area contributed by atoms with E-state index in [0.29, 0.717) is 11.3 Å². The molecule has 0 aliphatic carbocycles. The minimum atomic E-state index is -1.24. The molecule has 1 aromatic rings. The second-order valence-corrected chi connectivity index (χ2v) is 8.12. The fourth-order valence-electron chi connectivity index (χ4n) is 2.76. The number of esters is 1. The van der Waals surface area contributed by atoms with Gasteiger partial charge in [-0.3, -0.25) is 19.2 Å². The highest BCUT2D eigenvalue weighted by Gasteiger charge is 2.30. The number of thioether (sulfide) groups is 1. The monoisotopic (exact) mass is 450 g/mol. The van der Waals surface area contributed by atoms with Crippen molar-refractivity contribution in [1.82, 2.24) is 20.9 Å². The van der Waals surface area contributed by atoms with Crippen LogP contribution in [0.5, 0.6) is 0 Å². The average molecular weight is 451 g/mol. The van der Waals surface area contributed by atoms with Crippen LogP contribution in [0.25, 0.3) is 0 Å². The zero-order valence-electron chi connectivity index (χ0n) is 17.6. The van der Waals surface area contributed by atoms with Gasteiger partial charge in [-0.15, -0.1) is 0 Å². The molecule has 1 aliphatic heterocycles. The summed E-state index contributed by atoms with van der Waals surface area (Å²) in [6.45, 7) is 0.483. The number of carbonyl (C=O) groups excluding carboxylic acids is 5. The van der Waals surface area contributed by atoms with E-state index in [4.69, 9.17) is 4.74 Å². The van der Waals surface area contributed by atoms with E-state index in [1.807, 2.05) is 0 Å². The Morgan fingerprint density at radius 3 is 2.61 bits per heavy atom. The molecule has 1 aliphatic rings. The first-order chi connectivity index (χ1) is 14.7. The number of cyclic esters (lactones) is 1. The van der Waals surface area contributed by atoms with Crippen LogP contribution < -0.4 is 16.0 Å². The number of amides is 4. The number of nitrogens with one attached hydrogen (secondary N) is 3. The summed E-state index contributed by atoms with van der Waals surface area (Å²) in [5, 5.41) is 7.39. The van der Waals surface area contributed by atoms with E-state index < -0.39 is 42.4 Å². The van der Waals surface area contributed by atoms with Crippen LogP contribution in [0, 0.1) is 0 Å². The van der Waals surface area contributed by atoms with Gasteiger partial charge in [-0.05, 0) is 11.6 Å². The van der Waals surface area contributed by atoms with Crippen LogP contribution in [0.3, 0.4) is 0 Å². The maximum Gasteiger partial charge on any atom is 0.338 e. The summed E-state index contributed by atoms with van der Waals surface area (Å²) < 4.78 is 5.29. The summed E-state index contributed by atoms with van der Waals surface area (Å²) in [4.78, 5) is 62.4. The largest absolute Gasteiger partial charge is 0.459 e. The number of hydrogen-bond acceptors (Lipinski definition) is 7. The standard InChI is InChI=1S/C20H26N4O6S/c1-12(25)21-8-17(26)22-15-9-30-20(29)14-7-5-4-6-13(14)10-31-11-16(23-18(15)27)19(28)24(2)3/h4-7,15-16H,8-11H2,1-3H3,(H,21,25)(H,22,26)(H,23,27)/t15-,16-/m1/s1. The maximum absolute atomic E-state index is 12.8. The number of benzene rings is 1. The van der Waals surface area contributed by atoms with Crippen molar-refractivity contribution in [1.29, 1.82) is 0 Å². The van der Waals surface area contributed by atoms with Crippen molar-refractivity contribution >= 4 is 41.4 Å². The van der Waals surface area contributed by atoms with Crippen LogP contribution in [0.2, 0.25) is 0 Å². The molecule has 0 aromatic heterocycles. The summed E-state index contributed by atoms with van der Waals surface area (Å²) in [6, 6.07) is 4.85. The van der Waals surface area contributed by atoms with Crippen LogP contribution in [0.15, 0.2) is 24.3 Å². The maximum atomic E-state index is 12.8. The van der Waals surface area contributed by atoms with Crippen molar-refractivity contribution in [2.75, 3.05) is 33.0 Å². The number of ether oxygens (including phenoxy) is 1. The Morgan fingerprint density at radius 2 is 1.94 bits per heavy atom. The number of fused-ring (bicyclic) bond motifs is 1. The van der Waals surface area contributed by atoms with Gasteiger partial charge in [0, 0.05) is 32.5 Å². The molecule has 31 heavy (non-hydrogen) atoms. The topological polar surface area (TPSA) is 134 Å². The van der Waals surface area contributed by atoms with Crippen molar-refractivity contribution in [3.63, 3.8) is 0 Å². The summed E-state index contributed by atoms with van der Waals surface area (Å²) in [5.41, 5.74) is 1.10. The lowest BCUT2D eigenvalue weighted by molar-refractivity contribution is -0.135. The third-order valence-corrected chi connectivity index (χ3v) is 5.45. The van der Waals surface area contributed by atoms with Gasteiger partial charge in [0.2, 0.25) is 23.6 Å². The SMILES string of the molecule is CC(=O)NCC(=O)N[C@@H]1COC(=O)c2ccccc2CSC[C@H](C(=O)N(C)C)NC1=O. The molecular formula is C20H26N4O6S. The molecule has 0 unspecified atom stereocenters. The van der Waals surface area contributed by atoms with E-state index in [2.05, 4.69) is 16.0 Å². The van der Waals surface area contributed by atoms with E-state index in [9.17, 15) is 24.0 Å². The summed E-state index contributed by atoms with van der Waals surface area (Å²) >= 11 is 1.39. The van der Waals surface area contributed by atoms with E-state index in [-0.39, 0.29) is 18.2 Å². The Bertz CT molecular complexity index is 860. The molecule has 2 atom stereocenters. The molecule has 0 saturated heterocycles. The molecule has 168 valence electrons. The van der Waals surface area contributed by atoms with Crippen LogP contribution in [0.1, 0.15) is 22.8 Å². The number of carbonyl (C=O) groups is 5. The quantitative estimate of drug-likeness (QED) is 0.516. The fraction of sp³-hybridized carbons (Fsp3) is 0.450.